The highest BCUT2D eigenvalue weighted by Crippen LogP contribution is 2.75. The summed E-state index contributed by atoms with van der Waals surface area (Å²) < 4.78 is 6.65. The molecule has 1 aromatic carbocycles. The molecule has 1 aromatic rings. The molecule has 0 aliphatic heterocycles. The molecule has 0 heterocycles. The smallest absolute Gasteiger partial charge is 0.309 e. The summed E-state index contributed by atoms with van der Waals surface area (Å²) in [7, 11) is 0. The molecule has 7 unspecified atom stereocenters. The average Bonchev–Trinajstić information content (AvgIpc) is 2.92. The number of rotatable bonds is 5. The molecule has 4 heteroatoms. The predicted molar refractivity (Wildman–Crippen MR) is 167 cm³/mol. The fourth-order valence-corrected chi connectivity index (χ4v) is 11.6. The molecule has 5 aliphatic rings. The highest BCUT2D eigenvalue weighted by atomic mass is 16.5. The van der Waals surface area contributed by atoms with Crippen molar-refractivity contribution >= 4 is 11.8 Å². The monoisotopic (exact) mass is 574 g/mol. The number of hydrogen-bond donors (Lipinski definition) is 1. The van der Waals surface area contributed by atoms with E-state index >= 15 is 0 Å². The molecular weight excluding hydrogens is 520 g/mol. The summed E-state index contributed by atoms with van der Waals surface area (Å²) >= 11 is 0. The van der Waals surface area contributed by atoms with Crippen LogP contribution in [0.3, 0.4) is 0 Å². The minimum Gasteiger partial charge on any atom is -0.481 e. The zero-order valence-electron chi connectivity index (χ0n) is 27.2. The predicted octanol–water partition coefficient (Wildman–Crippen LogP) is 8.68. The summed E-state index contributed by atoms with van der Waals surface area (Å²) in [4.78, 5) is 26.9. The first-order valence-corrected chi connectivity index (χ1v) is 16.8. The lowest BCUT2D eigenvalue weighted by molar-refractivity contribution is -0.209. The van der Waals surface area contributed by atoms with Crippen molar-refractivity contribution in [3.63, 3.8) is 0 Å². The van der Waals surface area contributed by atoms with Gasteiger partial charge < -0.3 is 9.84 Å². The molecule has 4 fully saturated rings. The van der Waals surface area contributed by atoms with Gasteiger partial charge in [0.1, 0.15) is 0 Å². The van der Waals surface area contributed by atoms with Gasteiger partial charge in [0.2, 0.25) is 0 Å². The number of fused-ring (bicyclic) bond motifs is 7. The normalized spacial score (nSPS) is 46.0. The maximum atomic E-state index is 14.6. The van der Waals surface area contributed by atoms with Crippen LogP contribution in [0.2, 0.25) is 0 Å². The van der Waals surface area contributed by atoms with Crippen LogP contribution in [0.15, 0.2) is 42.0 Å². The Morgan fingerprint density at radius 2 is 1.60 bits per heavy atom. The zero-order chi connectivity index (χ0) is 30.3. The van der Waals surface area contributed by atoms with E-state index in [1.54, 1.807) is 0 Å². The van der Waals surface area contributed by atoms with Gasteiger partial charge in [0, 0.05) is 5.92 Å². The molecule has 230 valence electrons. The maximum absolute atomic E-state index is 14.6. The molecule has 0 radical (unpaired) electrons. The van der Waals surface area contributed by atoms with Crippen LogP contribution in [-0.4, -0.2) is 29.6 Å². The van der Waals surface area contributed by atoms with E-state index in [1.165, 1.54) is 11.1 Å². The van der Waals surface area contributed by atoms with Gasteiger partial charge in [-0.25, -0.2) is 0 Å². The van der Waals surface area contributed by atoms with Crippen LogP contribution >= 0.6 is 0 Å². The Hall–Kier alpha value is -1.94. The molecule has 1 N–H and O–H groups in total. The van der Waals surface area contributed by atoms with Gasteiger partial charge in [0.15, 0.2) is 5.78 Å². The van der Waals surface area contributed by atoms with E-state index in [0.717, 1.165) is 64.4 Å². The molecule has 0 bridgehead atoms. The summed E-state index contributed by atoms with van der Waals surface area (Å²) in [6, 6.07) is 10.6. The molecule has 0 amide bonds. The van der Waals surface area contributed by atoms with E-state index in [4.69, 9.17) is 4.74 Å². The number of carbonyl (C=O) groups excluding carboxylic acids is 1. The second kappa shape index (κ2) is 9.78. The van der Waals surface area contributed by atoms with Crippen molar-refractivity contribution in [3.8, 4) is 0 Å². The number of ketones is 1. The van der Waals surface area contributed by atoms with Gasteiger partial charge in [0.25, 0.3) is 0 Å². The number of carboxylic acids is 1. The molecule has 0 spiro atoms. The van der Waals surface area contributed by atoms with Crippen molar-refractivity contribution in [2.45, 2.75) is 119 Å². The number of carbonyl (C=O) groups is 2. The molecule has 0 aromatic heterocycles. The van der Waals surface area contributed by atoms with Gasteiger partial charge in [-0.2, -0.15) is 0 Å². The Bertz CT molecular complexity index is 1280. The molecule has 0 saturated heterocycles. The Morgan fingerprint density at radius 3 is 2.29 bits per heavy atom. The average molecular weight is 575 g/mol. The zero-order valence-corrected chi connectivity index (χ0v) is 27.2. The van der Waals surface area contributed by atoms with Crippen LogP contribution in [-0.2, 0) is 20.7 Å². The van der Waals surface area contributed by atoms with Gasteiger partial charge in [-0.1, -0.05) is 77.4 Å². The SMILES string of the molecule is CC12CC[C@](C)(C(=O)O)CC1C1=CC(=O)C3C4(C)CCC(OCCc5ccccc5)C(C)(C)C4CCC3(C)[C@]1(C)CC2. The van der Waals surface area contributed by atoms with Crippen molar-refractivity contribution in [2.24, 2.45) is 50.2 Å². The summed E-state index contributed by atoms with van der Waals surface area (Å²) in [5.74, 6) is 0.245. The summed E-state index contributed by atoms with van der Waals surface area (Å²) in [6.07, 6.45) is 12.0. The number of allylic oxidation sites excluding steroid dienone is 2. The number of carboxylic acid groups (broad SMARTS) is 1. The highest BCUT2D eigenvalue weighted by molar-refractivity contribution is 5.95. The molecule has 4 nitrogen and oxygen atoms in total. The van der Waals surface area contributed by atoms with Gasteiger partial charge >= 0.3 is 5.97 Å². The third-order valence-electron chi connectivity index (χ3n) is 14.6. The number of benzene rings is 1. The number of hydrogen-bond acceptors (Lipinski definition) is 3. The molecule has 6 rings (SSSR count). The highest BCUT2D eigenvalue weighted by Gasteiger charge is 2.70. The first-order chi connectivity index (χ1) is 19.6. The van der Waals surface area contributed by atoms with E-state index in [-0.39, 0.29) is 45.0 Å². The summed E-state index contributed by atoms with van der Waals surface area (Å²) in [5, 5.41) is 10.2. The van der Waals surface area contributed by atoms with E-state index in [2.05, 4.69) is 78.0 Å². The Labute approximate surface area is 254 Å². The van der Waals surface area contributed by atoms with Crippen LogP contribution in [0, 0.1) is 50.2 Å². The van der Waals surface area contributed by atoms with Crippen LogP contribution in [0.4, 0.5) is 0 Å². The summed E-state index contributed by atoms with van der Waals surface area (Å²) in [6.45, 7) is 17.2. The molecular formula is C38H54O4. The van der Waals surface area contributed by atoms with Crippen molar-refractivity contribution < 1.29 is 19.4 Å². The van der Waals surface area contributed by atoms with Crippen LogP contribution in [0.5, 0.6) is 0 Å². The van der Waals surface area contributed by atoms with Crippen molar-refractivity contribution in [2.75, 3.05) is 6.61 Å². The second-order valence-electron chi connectivity index (χ2n) is 17.0. The fraction of sp³-hybridized carbons (Fsp3) is 0.737. The third kappa shape index (κ3) is 4.16. The molecule has 9 atom stereocenters. The standard InChI is InChI=1S/C38H54O4/c1-33(2)29-13-17-38(7)31(36(29,5)16-14-30(33)42-22-15-25-11-9-8-10-12-25)28(39)23-26-27-24-35(4,32(40)41)19-18-34(27,3)20-21-37(26,38)6/h8-12,23,27,29-31H,13-22,24H2,1-7H3,(H,40,41)/t27?,29?,30?,31?,34?,35-,36?,37+,38?/m0/s1. The van der Waals surface area contributed by atoms with E-state index in [1.807, 2.05) is 6.92 Å². The van der Waals surface area contributed by atoms with Crippen LogP contribution < -0.4 is 0 Å². The van der Waals surface area contributed by atoms with E-state index < -0.39 is 11.4 Å². The molecule has 4 saturated carbocycles. The van der Waals surface area contributed by atoms with Gasteiger partial charge in [-0.3, -0.25) is 9.59 Å². The van der Waals surface area contributed by atoms with E-state index in [0.29, 0.717) is 18.1 Å². The lowest BCUT2D eigenvalue weighted by Crippen LogP contribution is -2.66. The first-order valence-electron chi connectivity index (χ1n) is 16.8. The van der Waals surface area contributed by atoms with Gasteiger partial charge in [-0.05, 0) is 122 Å². The number of aliphatic carboxylic acids is 1. The van der Waals surface area contributed by atoms with Crippen LogP contribution in [0.1, 0.15) is 112 Å². The van der Waals surface area contributed by atoms with E-state index in [9.17, 15) is 14.7 Å². The maximum Gasteiger partial charge on any atom is 0.309 e. The Balaban J connectivity index is 1.30. The lowest BCUT2D eigenvalue weighted by Gasteiger charge is -2.70. The molecule has 5 aliphatic carbocycles. The Kier molecular flexibility index (Phi) is 7.01. The van der Waals surface area contributed by atoms with Gasteiger partial charge in [0.05, 0.1) is 18.1 Å². The third-order valence-corrected chi connectivity index (χ3v) is 14.6. The topological polar surface area (TPSA) is 63.6 Å². The molecule has 42 heavy (non-hydrogen) atoms. The Morgan fingerprint density at radius 1 is 0.905 bits per heavy atom. The second-order valence-corrected chi connectivity index (χ2v) is 17.0. The first kappa shape index (κ1) is 30.1. The van der Waals surface area contributed by atoms with Gasteiger partial charge in [-0.15, -0.1) is 0 Å². The quantitative estimate of drug-likeness (QED) is 0.382. The van der Waals surface area contributed by atoms with Crippen molar-refractivity contribution in [1.82, 2.24) is 0 Å². The fourth-order valence-electron chi connectivity index (χ4n) is 11.6. The summed E-state index contributed by atoms with van der Waals surface area (Å²) in [5.41, 5.74) is 1.72. The minimum absolute atomic E-state index is 0.000785. The number of ether oxygens (including phenoxy) is 1. The van der Waals surface area contributed by atoms with Crippen molar-refractivity contribution in [1.29, 1.82) is 0 Å². The largest absolute Gasteiger partial charge is 0.481 e. The van der Waals surface area contributed by atoms with Crippen LogP contribution in [0.25, 0.3) is 0 Å². The van der Waals surface area contributed by atoms with Crippen molar-refractivity contribution in [3.05, 3.63) is 47.5 Å². The minimum atomic E-state index is -0.712. The lowest BCUT2D eigenvalue weighted by atomic mass is 9.33.